The van der Waals surface area contributed by atoms with Crippen molar-refractivity contribution in [3.8, 4) is 0 Å². The van der Waals surface area contributed by atoms with Crippen LogP contribution in [0.25, 0.3) is 0 Å². The standard InChI is InChI=1S/C16H22ClN5O2S2/c1-2-18-16(19-8-7-13-5-6-14(17)21-12-13)20-9-10-22-26(23,24)15-4-3-11-25-15/h3-6,11-12,22H,2,7-10H2,1H3,(H2,18,19,20). The van der Waals surface area contributed by atoms with E-state index in [-0.39, 0.29) is 6.54 Å². The van der Waals surface area contributed by atoms with Gasteiger partial charge in [-0.1, -0.05) is 23.7 Å². The first-order chi connectivity index (χ1) is 12.5. The average Bonchev–Trinajstić information content (AvgIpc) is 3.16. The molecule has 0 aliphatic rings. The fourth-order valence-corrected chi connectivity index (χ4v) is 4.23. The number of nitrogens with one attached hydrogen (secondary N) is 3. The summed E-state index contributed by atoms with van der Waals surface area (Å²) >= 11 is 6.96. The van der Waals surface area contributed by atoms with Gasteiger partial charge in [0.2, 0.25) is 10.0 Å². The van der Waals surface area contributed by atoms with Gasteiger partial charge in [0.25, 0.3) is 0 Å². The highest BCUT2D eigenvalue weighted by atomic mass is 35.5. The zero-order valence-corrected chi connectivity index (χ0v) is 16.8. The Morgan fingerprint density at radius 2 is 2.12 bits per heavy atom. The smallest absolute Gasteiger partial charge is 0.250 e. The number of thiophene rings is 1. The van der Waals surface area contributed by atoms with Gasteiger partial charge in [0.05, 0.1) is 6.54 Å². The van der Waals surface area contributed by atoms with Crippen molar-refractivity contribution in [3.05, 3.63) is 46.6 Å². The maximum absolute atomic E-state index is 12.0. The van der Waals surface area contributed by atoms with Gasteiger partial charge >= 0.3 is 0 Å². The Labute approximate surface area is 163 Å². The Kier molecular flexibility index (Phi) is 8.30. The van der Waals surface area contributed by atoms with Crippen LogP contribution in [0.4, 0.5) is 0 Å². The van der Waals surface area contributed by atoms with E-state index in [9.17, 15) is 8.42 Å². The molecule has 0 saturated carbocycles. The molecule has 26 heavy (non-hydrogen) atoms. The molecule has 0 radical (unpaired) electrons. The summed E-state index contributed by atoms with van der Waals surface area (Å²) in [5.74, 6) is 0.643. The van der Waals surface area contributed by atoms with Crippen LogP contribution in [0.5, 0.6) is 0 Å². The second kappa shape index (κ2) is 10.5. The molecule has 10 heteroatoms. The number of hydrogen-bond acceptors (Lipinski definition) is 5. The first-order valence-electron chi connectivity index (χ1n) is 8.17. The van der Waals surface area contributed by atoms with Crippen molar-refractivity contribution in [3.63, 3.8) is 0 Å². The molecule has 0 unspecified atom stereocenters. The highest BCUT2D eigenvalue weighted by Gasteiger charge is 2.13. The van der Waals surface area contributed by atoms with Crippen molar-refractivity contribution in [1.29, 1.82) is 0 Å². The van der Waals surface area contributed by atoms with Gasteiger partial charge in [-0.05, 0) is 36.4 Å². The van der Waals surface area contributed by atoms with Crippen LogP contribution in [0.2, 0.25) is 5.15 Å². The molecule has 0 saturated heterocycles. The number of guanidine groups is 1. The Hall–Kier alpha value is -1.68. The number of aromatic nitrogens is 1. The highest BCUT2D eigenvalue weighted by Crippen LogP contribution is 2.14. The lowest BCUT2D eigenvalue weighted by Crippen LogP contribution is -2.39. The second-order valence-corrected chi connectivity index (χ2v) is 8.59. The number of sulfonamides is 1. The van der Waals surface area contributed by atoms with Gasteiger partial charge < -0.3 is 10.6 Å². The van der Waals surface area contributed by atoms with Crippen LogP contribution in [-0.2, 0) is 16.4 Å². The van der Waals surface area contributed by atoms with Gasteiger partial charge in [0.15, 0.2) is 5.96 Å². The zero-order chi connectivity index (χ0) is 18.8. The lowest BCUT2D eigenvalue weighted by atomic mass is 10.2. The normalized spacial score (nSPS) is 12.2. The molecule has 0 aliphatic carbocycles. The predicted octanol–water partition coefficient (Wildman–Crippen LogP) is 1.87. The molecule has 0 aliphatic heterocycles. The third-order valence-corrected chi connectivity index (χ3v) is 6.35. The summed E-state index contributed by atoms with van der Waals surface area (Å²) in [6, 6.07) is 6.98. The number of aliphatic imine (C=N–C) groups is 1. The van der Waals surface area contributed by atoms with E-state index >= 15 is 0 Å². The lowest BCUT2D eigenvalue weighted by Gasteiger charge is -2.11. The molecular weight excluding hydrogens is 394 g/mol. The van der Waals surface area contributed by atoms with Crippen LogP contribution < -0.4 is 15.4 Å². The average molecular weight is 416 g/mol. The van der Waals surface area contributed by atoms with E-state index in [1.165, 1.54) is 11.3 Å². The van der Waals surface area contributed by atoms with E-state index in [0.29, 0.717) is 28.4 Å². The van der Waals surface area contributed by atoms with Crippen molar-refractivity contribution in [1.82, 2.24) is 20.3 Å². The quantitative estimate of drug-likeness (QED) is 0.251. The van der Waals surface area contributed by atoms with Crippen molar-refractivity contribution < 1.29 is 8.42 Å². The molecule has 2 aromatic rings. The van der Waals surface area contributed by atoms with Gasteiger partial charge in [-0.3, -0.25) is 4.99 Å². The Bertz CT molecular complexity index is 793. The summed E-state index contributed by atoms with van der Waals surface area (Å²) in [7, 11) is -3.44. The summed E-state index contributed by atoms with van der Waals surface area (Å²) in [6.45, 7) is 3.94. The second-order valence-electron chi connectivity index (χ2n) is 5.26. The molecule has 2 rings (SSSR count). The lowest BCUT2D eigenvalue weighted by molar-refractivity contribution is 0.584. The predicted molar refractivity (Wildman–Crippen MR) is 106 cm³/mol. The molecule has 142 valence electrons. The van der Waals surface area contributed by atoms with E-state index in [4.69, 9.17) is 11.6 Å². The fraction of sp³-hybridized carbons (Fsp3) is 0.375. The van der Waals surface area contributed by atoms with Gasteiger partial charge in [0.1, 0.15) is 9.36 Å². The largest absolute Gasteiger partial charge is 0.357 e. The van der Waals surface area contributed by atoms with Crippen molar-refractivity contribution in [2.24, 2.45) is 4.99 Å². The van der Waals surface area contributed by atoms with Gasteiger partial charge in [0, 0.05) is 25.8 Å². The molecule has 7 nitrogen and oxygen atoms in total. The molecule has 0 amide bonds. The van der Waals surface area contributed by atoms with Crippen LogP contribution >= 0.6 is 22.9 Å². The molecule has 0 aromatic carbocycles. The number of pyridine rings is 1. The summed E-state index contributed by atoms with van der Waals surface area (Å²) in [5.41, 5.74) is 1.07. The topological polar surface area (TPSA) is 95.5 Å². The van der Waals surface area contributed by atoms with Crippen molar-refractivity contribution in [2.45, 2.75) is 17.6 Å². The summed E-state index contributed by atoms with van der Waals surface area (Å²) in [6.07, 6.45) is 2.52. The fourth-order valence-electron chi connectivity index (χ4n) is 2.06. The van der Waals surface area contributed by atoms with E-state index in [0.717, 1.165) is 18.5 Å². The van der Waals surface area contributed by atoms with Crippen molar-refractivity contribution >= 4 is 38.9 Å². The van der Waals surface area contributed by atoms with Gasteiger partial charge in [-0.15, -0.1) is 11.3 Å². The van der Waals surface area contributed by atoms with Crippen LogP contribution in [0.1, 0.15) is 12.5 Å². The Morgan fingerprint density at radius 1 is 1.27 bits per heavy atom. The molecule has 2 aromatic heterocycles. The minimum absolute atomic E-state index is 0.234. The molecule has 0 fully saturated rings. The van der Waals surface area contributed by atoms with Crippen molar-refractivity contribution in [2.75, 3.05) is 26.2 Å². The van der Waals surface area contributed by atoms with E-state index in [1.807, 2.05) is 13.0 Å². The summed E-state index contributed by atoms with van der Waals surface area (Å²) in [4.78, 5) is 8.42. The number of hydrogen-bond donors (Lipinski definition) is 3. The highest BCUT2D eigenvalue weighted by molar-refractivity contribution is 7.91. The minimum Gasteiger partial charge on any atom is -0.357 e. The monoisotopic (exact) mass is 415 g/mol. The molecule has 0 bridgehead atoms. The van der Waals surface area contributed by atoms with Crippen LogP contribution in [0.3, 0.4) is 0 Å². The molecule has 0 atom stereocenters. The SMILES string of the molecule is CCNC(=NCCNS(=O)(=O)c1cccs1)NCCc1ccc(Cl)nc1. The third kappa shape index (κ3) is 6.91. The minimum atomic E-state index is -3.44. The third-order valence-electron chi connectivity index (χ3n) is 3.27. The Balaban J connectivity index is 1.77. The summed E-state index contributed by atoms with van der Waals surface area (Å²) in [5, 5.41) is 8.55. The molecule has 0 spiro atoms. The Morgan fingerprint density at radius 3 is 2.77 bits per heavy atom. The molecule has 3 N–H and O–H groups in total. The van der Waals surface area contributed by atoms with E-state index in [2.05, 4.69) is 25.3 Å². The zero-order valence-electron chi connectivity index (χ0n) is 14.4. The number of halogens is 1. The van der Waals surface area contributed by atoms with Gasteiger partial charge in [-0.2, -0.15) is 0 Å². The number of rotatable bonds is 9. The first-order valence-corrected chi connectivity index (χ1v) is 10.9. The van der Waals surface area contributed by atoms with Crippen LogP contribution in [0.15, 0.2) is 45.0 Å². The van der Waals surface area contributed by atoms with E-state index < -0.39 is 10.0 Å². The van der Waals surface area contributed by atoms with E-state index in [1.54, 1.807) is 29.8 Å². The number of nitrogens with zero attached hydrogens (tertiary/aromatic N) is 2. The maximum Gasteiger partial charge on any atom is 0.250 e. The van der Waals surface area contributed by atoms with Gasteiger partial charge in [-0.25, -0.2) is 18.1 Å². The van der Waals surface area contributed by atoms with Crippen LogP contribution in [0, 0.1) is 0 Å². The molecule has 2 heterocycles. The first kappa shape index (κ1) is 20.6. The maximum atomic E-state index is 12.0. The molecular formula is C16H22ClN5O2S2. The van der Waals surface area contributed by atoms with Crippen LogP contribution in [-0.4, -0.2) is 45.5 Å². The summed E-state index contributed by atoms with van der Waals surface area (Å²) < 4.78 is 26.9.